The van der Waals surface area contributed by atoms with Gasteiger partial charge in [0.1, 0.15) is 17.9 Å². The Labute approximate surface area is 239 Å². The standard InChI is InChI=1S/C31H23BrN4O4/c1-19-15-23(16-28-29(37)34-31(39)36(30(28)38)26-9-7-24(32)8-10-26)20(2)35(19)25-11-13-27(14-12-25)40-18-22-6-4-3-5-21(22)17-33/h3-16H,18H2,1-2H3,(H,34,37,39)/b28-16+. The molecular weight excluding hydrogens is 572 g/mol. The monoisotopic (exact) mass is 594 g/mol. The Morgan fingerprint density at radius 1 is 0.950 bits per heavy atom. The van der Waals surface area contributed by atoms with Crippen molar-refractivity contribution in [3.05, 3.63) is 117 Å². The van der Waals surface area contributed by atoms with Crippen molar-refractivity contribution in [2.45, 2.75) is 20.5 Å². The average molecular weight is 595 g/mol. The van der Waals surface area contributed by atoms with E-state index in [4.69, 9.17) is 4.74 Å². The molecule has 1 saturated heterocycles. The molecule has 40 heavy (non-hydrogen) atoms. The van der Waals surface area contributed by atoms with Crippen molar-refractivity contribution in [3.8, 4) is 17.5 Å². The third-order valence-electron chi connectivity index (χ3n) is 6.58. The highest BCUT2D eigenvalue weighted by Crippen LogP contribution is 2.27. The second kappa shape index (κ2) is 11.0. The highest BCUT2D eigenvalue weighted by Gasteiger charge is 2.37. The summed E-state index contributed by atoms with van der Waals surface area (Å²) in [5, 5.41) is 11.5. The lowest BCUT2D eigenvalue weighted by Crippen LogP contribution is -2.54. The van der Waals surface area contributed by atoms with Gasteiger partial charge in [-0.2, -0.15) is 5.26 Å². The molecule has 0 atom stereocenters. The lowest BCUT2D eigenvalue weighted by Gasteiger charge is -2.26. The van der Waals surface area contributed by atoms with Crippen LogP contribution in [0.15, 0.2) is 88.9 Å². The largest absolute Gasteiger partial charge is 0.489 e. The van der Waals surface area contributed by atoms with Gasteiger partial charge in [-0.1, -0.05) is 34.1 Å². The van der Waals surface area contributed by atoms with Crippen molar-refractivity contribution < 1.29 is 19.1 Å². The number of halogens is 1. The fourth-order valence-corrected chi connectivity index (χ4v) is 4.84. The molecule has 0 spiro atoms. The Morgan fingerprint density at radius 2 is 1.62 bits per heavy atom. The SMILES string of the molecule is Cc1cc(/C=C2\C(=O)NC(=O)N(c3ccc(Br)cc3)C2=O)c(C)n1-c1ccc(OCc2ccccc2C#N)cc1. The van der Waals surface area contributed by atoms with Crippen LogP contribution in [0.5, 0.6) is 5.75 Å². The number of nitriles is 1. The predicted molar refractivity (Wildman–Crippen MR) is 154 cm³/mol. The van der Waals surface area contributed by atoms with Gasteiger partial charge in [0.25, 0.3) is 11.8 Å². The zero-order valence-corrected chi connectivity index (χ0v) is 23.2. The zero-order valence-electron chi connectivity index (χ0n) is 21.6. The van der Waals surface area contributed by atoms with Crippen LogP contribution in [-0.2, 0) is 16.2 Å². The number of hydrogen-bond donors (Lipinski definition) is 1. The molecule has 4 amide bonds. The van der Waals surface area contributed by atoms with E-state index in [-0.39, 0.29) is 12.2 Å². The molecule has 1 fully saturated rings. The van der Waals surface area contributed by atoms with E-state index in [9.17, 15) is 19.6 Å². The molecular formula is C31H23BrN4O4. The van der Waals surface area contributed by atoms with Crippen LogP contribution in [-0.4, -0.2) is 22.4 Å². The Hall–Kier alpha value is -4.94. The van der Waals surface area contributed by atoms with Crippen LogP contribution in [0.3, 0.4) is 0 Å². The number of benzene rings is 3. The summed E-state index contributed by atoms with van der Waals surface area (Å²) in [5.41, 5.74) is 4.86. The van der Waals surface area contributed by atoms with Crippen LogP contribution in [0.1, 0.15) is 28.1 Å². The minimum atomic E-state index is -0.793. The van der Waals surface area contributed by atoms with E-state index < -0.39 is 17.8 Å². The molecule has 1 aliphatic heterocycles. The number of nitrogens with zero attached hydrogens (tertiary/aromatic N) is 3. The molecule has 3 aromatic carbocycles. The van der Waals surface area contributed by atoms with E-state index in [1.54, 1.807) is 30.3 Å². The molecule has 9 heteroatoms. The molecule has 4 aromatic rings. The lowest BCUT2D eigenvalue weighted by molar-refractivity contribution is -0.122. The quantitative estimate of drug-likeness (QED) is 0.218. The maximum Gasteiger partial charge on any atom is 0.335 e. The summed E-state index contributed by atoms with van der Waals surface area (Å²) in [6.07, 6.45) is 1.51. The molecule has 1 aliphatic rings. The van der Waals surface area contributed by atoms with Gasteiger partial charge in [0.2, 0.25) is 0 Å². The van der Waals surface area contributed by atoms with Crippen LogP contribution >= 0.6 is 15.9 Å². The molecule has 198 valence electrons. The van der Waals surface area contributed by atoms with E-state index in [2.05, 4.69) is 27.3 Å². The number of anilines is 1. The molecule has 0 bridgehead atoms. The number of nitrogens with one attached hydrogen (secondary N) is 1. The highest BCUT2D eigenvalue weighted by molar-refractivity contribution is 9.10. The number of urea groups is 1. The topological polar surface area (TPSA) is 104 Å². The van der Waals surface area contributed by atoms with Gasteiger partial charge in [0, 0.05) is 27.1 Å². The number of hydrogen-bond acceptors (Lipinski definition) is 5. The fourth-order valence-electron chi connectivity index (χ4n) is 4.58. The van der Waals surface area contributed by atoms with Crippen LogP contribution < -0.4 is 15.0 Å². The molecule has 1 N–H and O–H groups in total. The molecule has 5 rings (SSSR count). The molecule has 0 saturated carbocycles. The Balaban J connectivity index is 1.39. The zero-order chi connectivity index (χ0) is 28.4. The third-order valence-corrected chi connectivity index (χ3v) is 7.11. The normalized spacial score (nSPS) is 14.3. The first-order chi connectivity index (χ1) is 19.3. The maximum absolute atomic E-state index is 13.3. The smallest absolute Gasteiger partial charge is 0.335 e. The number of carbonyl (C=O) groups excluding carboxylic acids is 3. The summed E-state index contributed by atoms with van der Waals surface area (Å²) in [7, 11) is 0. The van der Waals surface area contributed by atoms with Crippen molar-refractivity contribution in [1.82, 2.24) is 9.88 Å². The summed E-state index contributed by atoms with van der Waals surface area (Å²) < 4.78 is 8.69. The predicted octanol–water partition coefficient (Wildman–Crippen LogP) is 5.97. The van der Waals surface area contributed by atoms with E-state index in [1.807, 2.05) is 66.9 Å². The van der Waals surface area contributed by atoms with E-state index >= 15 is 0 Å². The first-order valence-corrected chi connectivity index (χ1v) is 13.1. The summed E-state index contributed by atoms with van der Waals surface area (Å²) in [5.74, 6) is -0.781. The van der Waals surface area contributed by atoms with Gasteiger partial charge in [-0.25, -0.2) is 9.69 Å². The third kappa shape index (κ3) is 5.17. The number of carbonyl (C=O) groups is 3. The number of aromatic nitrogens is 1. The van der Waals surface area contributed by atoms with Crippen molar-refractivity contribution >= 4 is 45.5 Å². The number of rotatable bonds is 6. The molecule has 1 aromatic heterocycles. The molecule has 0 aliphatic carbocycles. The van der Waals surface area contributed by atoms with Gasteiger partial charge < -0.3 is 9.30 Å². The lowest BCUT2D eigenvalue weighted by atomic mass is 10.1. The molecule has 0 radical (unpaired) electrons. The fraction of sp³-hybridized carbons (Fsp3) is 0.0968. The number of aryl methyl sites for hydroxylation is 1. The Kier molecular flexibility index (Phi) is 7.36. The van der Waals surface area contributed by atoms with Gasteiger partial charge in [-0.15, -0.1) is 0 Å². The minimum absolute atomic E-state index is 0.135. The number of amides is 4. The van der Waals surface area contributed by atoms with Crippen LogP contribution in [0.2, 0.25) is 0 Å². The van der Waals surface area contributed by atoms with Gasteiger partial charge in [0.05, 0.1) is 17.3 Å². The van der Waals surface area contributed by atoms with Crippen molar-refractivity contribution in [1.29, 1.82) is 5.26 Å². The number of ether oxygens (including phenoxy) is 1. The van der Waals surface area contributed by atoms with Crippen LogP contribution in [0.25, 0.3) is 11.8 Å². The first kappa shape index (κ1) is 26.7. The average Bonchev–Trinajstić information content (AvgIpc) is 3.23. The number of barbiturate groups is 1. The Bertz CT molecular complexity index is 1710. The van der Waals surface area contributed by atoms with Crippen molar-refractivity contribution in [2.24, 2.45) is 0 Å². The molecule has 8 nitrogen and oxygen atoms in total. The van der Waals surface area contributed by atoms with E-state index in [1.165, 1.54) is 6.08 Å². The maximum atomic E-state index is 13.3. The van der Waals surface area contributed by atoms with Crippen molar-refractivity contribution in [3.63, 3.8) is 0 Å². The highest BCUT2D eigenvalue weighted by atomic mass is 79.9. The summed E-state index contributed by atoms with van der Waals surface area (Å²) in [6.45, 7) is 4.10. The molecule has 2 heterocycles. The van der Waals surface area contributed by atoms with Gasteiger partial charge in [0.15, 0.2) is 0 Å². The van der Waals surface area contributed by atoms with Gasteiger partial charge in [-0.3, -0.25) is 14.9 Å². The first-order valence-electron chi connectivity index (χ1n) is 12.3. The van der Waals surface area contributed by atoms with Crippen LogP contribution in [0, 0.1) is 25.2 Å². The van der Waals surface area contributed by atoms with E-state index in [0.717, 1.165) is 32.0 Å². The van der Waals surface area contributed by atoms with Gasteiger partial charge >= 0.3 is 6.03 Å². The summed E-state index contributed by atoms with van der Waals surface area (Å²) >= 11 is 3.34. The Morgan fingerprint density at radius 3 is 2.33 bits per heavy atom. The summed E-state index contributed by atoms with van der Waals surface area (Å²) in [6, 6.07) is 24.8. The minimum Gasteiger partial charge on any atom is -0.489 e. The molecule has 0 unspecified atom stereocenters. The van der Waals surface area contributed by atoms with Crippen molar-refractivity contribution in [2.75, 3.05) is 4.90 Å². The number of imide groups is 2. The van der Waals surface area contributed by atoms with E-state index in [0.29, 0.717) is 22.6 Å². The second-order valence-corrected chi connectivity index (χ2v) is 10.1. The second-order valence-electron chi connectivity index (χ2n) is 9.15. The summed E-state index contributed by atoms with van der Waals surface area (Å²) in [4.78, 5) is 39.4. The van der Waals surface area contributed by atoms with Gasteiger partial charge in [-0.05, 0) is 86.2 Å². The van der Waals surface area contributed by atoms with Crippen LogP contribution in [0.4, 0.5) is 10.5 Å².